The fourth-order valence-electron chi connectivity index (χ4n) is 4.83. The number of nitrogens with one attached hydrogen (secondary N) is 1. The second-order valence-corrected chi connectivity index (χ2v) is 10.2. The molecule has 6 rings (SSSR count). The zero-order valence-corrected chi connectivity index (χ0v) is 23.8. The molecule has 1 saturated heterocycles. The van der Waals surface area contributed by atoms with E-state index in [1.54, 1.807) is 30.4 Å². The van der Waals surface area contributed by atoms with E-state index in [1.165, 1.54) is 56.9 Å². The molecule has 1 fully saturated rings. The first kappa shape index (κ1) is 28.7. The summed E-state index contributed by atoms with van der Waals surface area (Å²) < 4.78 is 41.8. The van der Waals surface area contributed by atoms with Gasteiger partial charge in [-0.3, -0.25) is 19.0 Å². The highest BCUT2D eigenvalue weighted by atomic mass is 19.3. The number of alkyl halides is 2. The predicted octanol–water partition coefficient (Wildman–Crippen LogP) is 2.75. The highest BCUT2D eigenvalue weighted by Crippen LogP contribution is 2.38. The van der Waals surface area contributed by atoms with Crippen LogP contribution < -0.4 is 14.8 Å². The fourth-order valence-corrected chi connectivity index (χ4v) is 4.83. The molecule has 0 saturated carbocycles. The molecule has 1 N–H and O–H groups in total. The van der Waals surface area contributed by atoms with Gasteiger partial charge in [0, 0.05) is 51.8 Å². The number of hydrogen-bond acceptors (Lipinski definition) is 9. The van der Waals surface area contributed by atoms with E-state index in [0.29, 0.717) is 24.5 Å². The molecule has 1 aromatic carbocycles. The van der Waals surface area contributed by atoms with Crippen LogP contribution in [0.25, 0.3) is 16.9 Å². The van der Waals surface area contributed by atoms with Crippen molar-refractivity contribution in [2.75, 3.05) is 38.5 Å². The van der Waals surface area contributed by atoms with Crippen molar-refractivity contribution < 1.29 is 27.8 Å². The molecule has 4 aromatic heterocycles. The second kappa shape index (κ2) is 12.1. The Morgan fingerprint density at radius 2 is 1.86 bits per heavy atom. The van der Waals surface area contributed by atoms with E-state index >= 15 is 0 Å². The minimum Gasteiger partial charge on any atom is -0.454 e. The van der Waals surface area contributed by atoms with Crippen LogP contribution in [0.4, 0.5) is 14.5 Å². The van der Waals surface area contributed by atoms with Gasteiger partial charge in [-0.15, -0.1) is 0 Å². The van der Waals surface area contributed by atoms with Crippen molar-refractivity contribution in [2.24, 2.45) is 7.05 Å². The number of rotatable bonds is 9. The van der Waals surface area contributed by atoms with Crippen LogP contribution in [0.2, 0.25) is 0 Å². The van der Waals surface area contributed by atoms with Gasteiger partial charge in [0.1, 0.15) is 29.3 Å². The highest BCUT2D eigenvalue weighted by molar-refractivity contribution is 6.09. The third-order valence-corrected chi connectivity index (χ3v) is 7.02. The summed E-state index contributed by atoms with van der Waals surface area (Å²) in [5.41, 5.74) is 1.11. The van der Waals surface area contributed by atoms with Gasteiger partial charge in [-0.05, 0) is 31.3 Å². The summed E-state index contributed by atoms with van der Waals surface area (Å²) in [5.74, 6) is -0.142. The molecule has 228 valence electrons. The number of amides is 2. The molecule has 16 heteroatoms. The number of fused-ring (bicyclic) bond motifs is 1. The summed E-state index contributed by atoms with van der Waals surface area (Å²) in [6, 6.07) is 5.94. The van der Waals surface area contributed by atoms with Gasteiger partial charge >= 0.3 is 6.61 Å². The predicted molar refractivity (Wildman–Crippen MR) is 153 cm³/mol. The lowest BCUT2D eigenvalue weighted by Gasteiger charge is -2.32. The molecule has 5 heterocycles. The average molecular weight is 607 g/mol. The number of nitrogens with zero attached hydrogens (tertiary/aromatic N) is 9. The van der Waals surface area contributed by atoms with Crippen LogP contribution in [-0.2, 0) is 18.4 Å². The zero-order valence-electron chi connectivity index (χ0n) is 23.8. The van der Waals surface area contributed by atoms with Crippen molar-refractivity contribution in [1.29, 1.82) is 0 Å². The Balaban J connectivity index is 1.23. The highest BCUT2D eigenvalue weighted by Gasteiger charge is 2.23. The molecule has 44 heavy (non-hydrogen) atoms. The lowest BCUT2D eigenvalue weighted by atomic mass is 10.1. The Morgan fingerprint density at radius 1 is 1.05 bits per heavy atom. The molecule has 0 bridgehead atoms. The Morgan fingerprint density at radius 3 is 2.66 bits per heavy atom. The first-order chi connectivity index (χ1) is 21.2. The van der Waals surface area contributed by atoms with E-state index < -0.39 is 12.5 Å². The standard InChI is InChI=1S/C28H28F2N10O4/c1-36-8-10-38(11-9-36)24(41)17-39-15-19(13-32-39)43-18-4-5-23(44-28(29)30)20(12-18)25-22(16-37(2)35-25)34-27(42)21-14-33-40-7-3-6-31-26(21)40/h3-7,12-16,28H,8-11,17H2,1-2H3,(H,34,42). The van der Waals surface area contributed by atoms with Crippen LogP contribution in [0, 0.1) is 0 Å². The van der Waals surface area contributed by atoms with Crippen LogP contribution >= 0.6 is 0 Å². The van der Waals surface area contributed by atoms with Crippen molar-refractivity contribution >= 4 is 23.1 Å². The first-order valence-electron chi connectivity index (χ1n) is 13.6. The minimum atomic E-state index is -3.11. The minimum absolute atomic E-state index is 0.0480. The van der Waals surface area contributed by atoms with Gasteiger partial charge in [-0.2, -0.15) is 24.1 Å². The van der Waals surface area contributed by atoms with E-state index in [4.69, 9.17) is 9.47 Å². The number of aromatic nitrogens is 7. The van der Waals surface area contributed by atoms with Gasteiger partial charge < -0.3 is 24.6 Å². The van der Waals surface area contributed by atoms with Crippen molar-refractivity contribution in [3.8, 4) is 28.5 Å². The number of benzene rings is 1. The third-order valence-electron chi connectivity index (χ3n) is 7.02. The van der Waals surface area contributed by atoms with E-state index in [9.17, 15) is 18.4 Å². The Hall–Kier alpha value is -5.38. The maximum Gasteiger partial charge on any atom is 0.387 e. The van der Waals surface area contributed by atoms with E-state index in [0.717, 1.165) is 13.1 Å². The summed E-state index contributed by atoms with van der Waals surface area (Å²) in [4.78, 5) is 34.1. The fraction of sp³-hybridized carbons (Fsp3) is 0.286. The third kappa shape index (κ3) is 6.19. The summed E-state index contributed by atoms with van der Waals surface area (Å²) in [6.45, 7) is -0.121. The van der Waals surface area contributed by atoms with Crippen LogP contribution in [0.15, 0.2) is 61.4 Å². The van der Waals surface area contributed by atoms with Gasteiger partial charge in [-0.1, -0.05) is 0 Å². The number of aryl methyl sites for hydroxylation is 1. The molecule has 0 spiro atoms. The molecule has 1 aliphatic rings. The molecular weight excluding hydrogens is 578 g/mol. The molecule has 0 unspecified atom stereocenters. The average Bonchev–Trinajstić information content (AvgIpc) is 3.72. The number of ether oxygens (including phenoxy) is 2. The number of carbonyl (C=O) groups excluding carboxylic acids is 2. The van der Waals surface area contributed by atoms with Crippen molar-refractivity contribution in [2.45, 2.75) is 13.2 Å². The maximum atomic E-state index is 13.4. The number of hydrogen-bond donors (Lipinski definition) is 1. The smallest absolute Gasteiger partial charge is 0.387 e. The Labute approximate surface area is 249 Å². The second-order valence-electron chi connectivity index (χ2n) is 10.2. The molecule has 5 aromatic rings. The van der Waals surface area contributed by atoms with Crippen molar-refractivity contribution in [1.82, 2.24) is 44.0 Å². The number of anilines is 1. The van der Waals surface area contributed by atoms with Crippen LogP contribution in [0.5, 0.6) is 17.2 Å². The topological polar surface area (TPSA) is 137 Å². The number of piperazine rings is 1. The lowest BCUT2D eigenvalue weighted by Crippen LogP contribution is -2.48. The van der Waals surface area contributed by atoms with Crippen molar-refractivity contribution in [3.05, 3.63) is 67.0 Å². The van der Waals surface area contributed by atoms with Gasteiger partial charge in [-0.25, -0.2) is 9.50 Å². The van der Waals surface area contributed by atoms with Crippen molar-refractivity contribution in [3.63, 3.8) is 0 Å². The summed E-state index contributed by atoms with van der Waals surface area (Å²) in [7, 11) is 3.64. The van der Waals surface area contributed by atoms with E-state index in [1.807, 2.05) is 7.05 Å². The zero-order chi connectivity index (χ0) is 30.8. The largest absolute Gasteiger partial charge is 0.454 e. The van der Waals surface area contributed by atoms with Gasteiger partial charge in [0.15, 0.2) is 11.4 Å². The molecule has 1 aliphatic heterocycles. The molecule has 0 atom stereocenters. The number of carbonyl (C=O) groups is 2. The van der Waals surface area contributed by atoms with Crippen LogP contribution in [0.3, 0.4) is 0 Å². The monoisotopic (exact) mass is 606 g/mol. The van der Waals surface area contributed by atoms with E-state index in [2.05, 4.69) is 30.5 Å². The maximum absolute atomic E-state index is 13.4. The lowest BCUT2D eigenvalue weighted by molar-refractivity contribution is -0.133. The summed E-state index contributed by atoms with van der Waals surface area (Å²) in [5, 5.41) is 15.5. The molecule has 0 radical (unpaired) electrons. The molecule has 14 nitrogen and oxygen atoms in total. The molecule has 0 aliphatic carbocycles. The summed E-state index contributed by atoms with van der Waals surface area (Å²) >= 11 is 0. The van der Waals surface area contributed by atoms with E-state index in [-0.39, 0.29) is 46.5 Å². The first-order valence-corrected chi connectivity index (χ1v) is 13.6. The Kier molecular flexibility index (Phi) is 7.89. The molecule has 2 amide bonds. The number of likely N-dealkylation sites (N-methyl/N-ethyl adjacent to an activating group) is 1. The normalized spacial score (nSPS) is 13.9. The summed E-state index contributed by atoms with van der Waals surface area (Å²) in [6.07, 6.45) is 9.14. The molecular formula is C28H28F2N10O4. The van der Waals surface area contributed by atoms with Gasteiger partial charge in [0.25, 0.3) is 5.91 Å². The van der Waals surface area contributed by atoms with Gasteiger partial charge in [0.2, 0.25) is 5.91 Å². The van der Waals surface area contributed by atoms with Crippen LogP contribution in [0.1, 0.15) is 10.4 Å². The Bertz CT molecular complexity index is 1810. The quantitative estimate of drug-likeness (QED) is 0.269. The SMILES string of the molecule is CN1CCN(C(=O)Cn2cc(Oc3ccc(OC(F)F)c(-c4nn(C)cc4NC(=O)c4cnn5cccnc45)c3)cn2)CC1. The number of halogens is 2. The van der Waals surface area contributed by atoms with Crippen LogP contribution in [-0.4, -0.2) is 95.6 Å². The van der Waals surface area contributed by atoms with Gasteiger partial charge in [0.05, 0.1) is 29.8 Å².